The molecule has 0 aromatic carbocycles. The van der Waals surface area contributed by atoms with Crippen molar-refractivity contribution < 1.29 is 5.11 Å². The van der Waals surface area contributed by atoms with E-state index in [0.29, 0.717) is 29.5 Å². The maximum atomic E-state index is 9.62. The van der Waals surface area contributed by atoms with Crippen LogP contribution in [0.3, 0.4) is 0 Å². The molecule has 0 radical (unpaired) electrons. The van der Waals surface area contributed by atoms with Crippen LogP contribution in [-0.4, -0.2) is 21.0 Å². The molecule has 0 atom stereocenters. The first kappa shape index (κ1) is 9.30. The molecule has 2 heterocycles. The van der Waals surface area contributed by atoms with E-state index < -0.39 is 0 Å². The number of hydrogen-bond acceptors (Lipinski definition) is 3. The third-order valence-corrected chi connectivity index (χ3v) is 2.31. The number of hydrogen-bond donors (Lipinski definition) is 2. The van der Waals surface area contributed by atoms with Gasteiger partial charge in [0.2, 0.25) is 0 Å². The predicted molar refractivity (Wildman–Crippen MR) is 54.6 cm³/mol. The lowest BCUT2D eigenvalue weighted by atomic mass is 10.4. The number of nitrogens with zero attached hydrogens (tertiary/aromatic N) is 2. The summed E-state index contributed by atoms with van der Waals surface area (Å²) in [5.41, 5.74) is 6.14. The number of pyridine rings is 1. The Kier molecular flexibility index (Phi) is 2.31. The van der Waals surface area contributed by atoms with Crippen molar-refractivity contribution in [2.75, 3.05) is 6.54 Å². The van der Waals surface area contributed by atoms with Gasteiger partial charge in [0.1, 0.15) is 5.82 Å². The van der Waals surface area contributed by atoms with Crippen molar-refractivity contribution in [3.05, 3.63) is 29.2 Å². The third kappa shape index (κ3) is 1.32. The van der Waals surface area contributed by atoms with Gasteiger partial charge in [-0.3, -0.25) is 4.40 Å². The van der Waals surface area contributed by atoms with Crippen molar-refractivity contribution in [1.29, 1.82) is 0 Å². The highest BCUT2D eigenvalue weighted by atomic mass is 35.5. The molecule has 0 aliphatic carbocycles. The largest absolute Gasteiger partial charge is 0.494 e. The number of nitrogens with two attached hydrogens (primary N) is 1. The fourth-order valence-corrected chi connectivity index (χ4v) is 1.69. The summed E-state index contributed by atoms with van der Waals surface area (Å²) in [4.78, 5) is 4.13. The maximum Gasteiger partial charge on any atom is 0.197 e. The summed E-state index contributed by atoms with van der Waals surface area (Å²) in [7, 11) is 0. The lowest BCUT2D eigenvalue weighted by Gasteiger charge is -2.01. The molecular formula is C9H10ClN3O. The van der Waals surface area contributed by atoms with Gasteiger partial charge in [0.05, 0.1) is 5.52 Å². The maximum absolute atomic E-state index is 9.62. The van der Waals surface area contributed by atoms with E-state index in [0.717, 1.165) is 0 Å². The second kappa shape index (κ2) is 3.48. The number of halogens is 1. The highest BCUT2D eigenvalue weighted by Crippen LogP contribution is 2.23. The zero-order valence-electron chi connectivity index (χ0n) is 7.44. The first-order chi connectivity index (χ1) is 6.74. The summed E-state index contributed by atoms with van der Waals surface area (Å²) >= 11 is 5.90. The van der Waals surface area contributed by atoms with Gasteiger partial charge in [-0.2, -0.15) is 0 Å². The highest BCUT2D eigenvalue weighted by Gasteiger charge is 2.10. The quantitative estimate of drug-likeness (QED) is 0.785. The average molecular weight is 212 g/mol. The third-order valence-electron chi connectivity index (χ3n) is 2.03. The molecule has 0 aliphatic rings. The first-order valence-corrected chi connectivity index (χ1v) is 4.66. The standard InChI is InChI=1S/C9H10ClN3O/c10-9-6-2-1-3-8(14)13(6)7(12-9)4-5-11/h1-3,14H,4-5,11H2. The number of rotatable bonds is 2. The van der Waals surface area contributed by atoms with Gasteiger partial charge in [0, 0.05) is 6.42 Å². The van der Waals surface area contributed by atoms with Crippen molar-refractivity contribution >= 4 is 17.1 Å². The summed E-state index contributed by atoms with van der Waals surface area (Å²) in [6, 6.07) is 5.12. The summed E-state index contributed by atoms with van der Waals surface area (Å²) in [6.07, 6.45) is 0.589. The van der Waals surface area contributed by atoms with Gasteiger partial charge < -0.3 is 10.8 Å². The van der Waals surface area contributed by atoms with Gasteiger partial charge in [-0.15, -0.1) is 0 Å². The summed E-state index contributed by atoms with van der Waals surface area (Å²) in [5.74, 6) is 0.816. The van der Waals surface area contributed by atoms with Crippen LogP contribution in [0, 0.1) is 0 Å². The zero-order chi connectivity index (χ0) is 10.1. The van der Waals surface area contributed by atoms with E-state index in [1.807, 2.05) is 0 Å². The van der Waals surface area contributed by atoms with Crippen LogP contribution >= 0.6 is 11.6 Å². The van der Waals surface area contributed by atoms with E-state index in [2.05, 4.69) is 4.98 Å². The van der Waals surface area contributed by atoms with E-state index in [4.69, 9.17) is 17.3 Å². The Morgan fingerprint density at radius 3 is 3.00 bits per heavy atom. The second-order valence-electron chi connectivity index (χ2n) is 2.96. The van der Waals surface area contributed by atoms with Crippen molar-refractivity contribution in [3.63, 3.8) is 0 Å². The minimum Gasteiger partial charge on any atom is -0.494 e. The Labute approximate surface area is 85.9 Å². The Balaban J connectivity index is 2.72. The van der Waals surface area contributed by atoms with Crippen LogP contribution in [0.5, 0.6) is 5.88 Å². The highest BCUT2D eigenvalue weighted by molar-refractivity contribution is 6.32. The summed E-state index contributed by atoms with van der Waals surface area (Å²) < 4.78 is 1.61. The molecule has 0 fully saturated rings. The summed E-state index contributed by atoms with van der Waals surface area (Å²) in [5, 5.41) is 10.0. The molecular weight excluding hydrogens is 202 g/mol. The fourth-order valence-electron chi connectivity index (χ4n) is 1.45. The van der Waals surface area contributed by atoms with E-state index in [9.17, 15) is 5.11 Å². The molecule has 2 aromatic heterocycles. The summed E-state index contributed by atoms with van der Waals surface area (Å²) in [6.45, 7) is 0.476. The lowest BCUT2D eigenvalue weighted by molar-refractivity contribution is 0.443. The van der Waals surface area contributed by atoms with E-state index >= 15 is 0 Å². The van der Waals surface area contributed by atoms with Crippen LogP contribution in [0.2, 0.25) is 5.15 Å². The van der Waals surface area contributed by atoms with Crippen molar-refractivity contribution in [1.82, 2.24) is 9.38 Å². The van der Waals surface area contributed by atoms with Crippen molar-refractivity contribution in [2.24, 2.45) is 5.73 Å². The first-order valence-electron chi connectivity index (χ1n) is 4.29. The fraction of sp³-hybridized carbons (Fsp3) is 0.222. The average Bonchev–Trinajstić information content (AvgIpc) is 2.46. The lowest BCUT2D eigenvalue weighted by Crippen LogP contribution is -2.06. The Morgan fingerprint density at radius 2 is 2.29 bits per heavy atom. The molecule has 0 saturated carbocycles. The Bertz CT molecular complexity index is 466. The molecule has 14 heavy (non-hydrogen) atoms. The molecule has 3 N–H and O–H groups in total. The molecule has 0 saturated heterocycles. The van der Waals surface area contributed by atoms with Crippen LogP contribution in [0.15, 0.2) is 18.2 Å². The molecule has 0 aliphatic heterocycles. The smallest absolute Gasteiger partial charge is 0.197 e. The number of aromatic nitrogens is 2. The molecule has 2 rings (SSSR count). The van der Waals surface area contributed by atoms with Crippen LogP contribution in [-0.2, 0) is 6.42 Å². The Hall–Kier alpha value is -1.26. The molecule has 74 valence electrons. The number of aromatic hydroxyl groups is 1. The molecule has 0 bridgehead atoms. The molecule has 5 heteroatoms. The van der Waals surface area contributed by atoms with Crippen molar-refractivity contribution in [2.45, 2.75) is 6.42 Å². The van der Waals surface area contributed by atoms with Gasteiger partial charge >= 0.3 is 0 Å². The van der Waals surface area contributed by atoms with Gasteiger partial charge in [-0.05, 0) is 18.7 Å². The SMILES string of the molecule is NCCc1nc(Cl)c2cccc(O)n12. The molecule has 0 unspecified atom stereocenters. The topological polar surface area (TPSA) is 63.5 Å². The van der Waals surface area contributed by atoms with Crippen LogP contribution in [0.4, 0.5) is 0 Å². The monoisotopic (exact) mass is 211 g/mol. The van der Waals surface area contributed by atoms with E-state index in [-0.39, 0.29) is 5.88 Å². The van der Waals surface area contributed by atoms with E-state index in [1.54, 1.807) is 22.6 Å². The zero-order valence-corrected chi connectivity index (χ0v) is 8.20. The van der Waals surface area contributed by atoms with Gasteiger partial charge in [0.25, 0.3) is 0 Å². The molecule has 2 aromatic rings. The number of fused-ring (bicyclic) bond motifs is 1. The van der Waals surface area contributed by atoms with E-state index in [1.165, 1.54) is 0 Å². The number of imidazole rings is 1. The van der Waals surface area contributed by atoms with Gasteiger partial charge in [-0.1, -0.05) is 17.7 Å². The molecule has 0 spiro atoms. The van der Waals surface area contributed by atoms with Crippen LogP contribution < -0.4 is 5.73 Å². The van der Waals surface area contributed by atoms with Gasteiger partial charge in [0.15, 0.2) is 11.0 Å². The molecule has 0 amide bonds. The second-order valence-corrected chi connectivity index (χ2v) is 3.32. The van der Waals surface area contributed by atoms with Crippen LogP contribution in [0.25, 0.3) is 5.52 Å². The minimum absolute atomic E-state index is 0.130. The van der Waals surface area contributed by atoms with Gasteiger partial charge in [-0.25, -0.2) is 4.98 Å². The Morgan fingerprint density at radius 1 is 1.50 bits per heavy atom. The normalized spacial score (nSPS) is 11.0. The molecule has 4 nitrogen and oxygen atoms in total. The van der Waals surface area contributed by atoms with Crippen molar-refractivity contribution in [3.8, 4) is 5.88 Å². The van der Waals surface area contributed by atoms with Crippen LogP contribution in [0.1, 0.15) is 5.82 Å². The minimum atomic E-state index is 0.130. The predicted octanol–water partition coefficient (Wildman–Crippen LogP) is 1.19.